The fraction of sp³-hybridized carbons (Fsp3) is 0.143. The van der Waals surface area contributed by atoms with Crippen molar-refractivity contribution in [2.75, 3.05) is 18.1 Å². The minimum atomic E-state index is 0. The van der Waals surface area contributed by atoms with Crippen molar-refractivity contribution in [1.29, 1.82) is 0 Å². The van der Waals surface area contributed by atoms with Crippen LogP contribution >= 0.6 is 24.0 Å². The van der Waals surface area contributed by atoms with Gasteiger partial charge in [0.15, 0.2) is 0 Å². The zero-order chi connectivity index (χ0) is 7.56. The third kappa shape index (κ3) is 2.48. The van der Waals surface area contributed by atoms with Crippen LogP contribution in [0.2, 0.25) is 5.02 Å². The van der Waals surface area contributed by atoms with Gasteiger partial charge in [0.25, 0.3) is 0 Å². The third-order valence-electron chi connectivity index (χ3n) is 1.28. The summed E-state index contributed by atoms with van der Waals surface area (Å²) in [6.07, 6.45) is 0. The summed E-state index contributed by atoms with van der Waals surface area (Å²) in [5, 5.41) is 3.62. The van der Waals surface area contributed by atoms with Gasteiger partial charge in [0.1, 0.15) is 0 Å². The molecule has 0 unspecified atom stereocenters. The van der Waals surface area contributed by atoms with E-state index in [2.05, 4.69) is 5.32 Å². The van der Waals surface area contributed by atoms with Crippen molar-refractivity contribution in [3.8, 4) is 0 Å². The second kappa shape index (κ2) is 4.31. The molecule has 0 spiro atoms. The monoisotopic (exact) mass is 192 g/mol. The van der Waals surface area contributed by atoms with Crippen LogP contribution in [0.5, 0.6) is 0 Å². The van der Waals surface area contributed by atoms with Crippen molar-refractivity contribution in [1.82, 2.24) is 0 Å². The average Bonchev–Trinajstić information content (AvgIpc) is 1.94. The molecule has 0 atom stereocenters. The molecule has 0 aliphatic heterocycles. The fourth-order valence-electron chi connectivity index (χ4n) is 0.745. The molecular formula is C7H10Cl2N2. The lowest BCUT2D eigenvalue weighted by Crippen LogP contribution is -1.94. The topological polar surface area (TPSA) is 38.0 Å². The molecule has 0 aliphatic carbocycles. The second-order valence-electron chi connectivity index (χ2n) is 1.98. The molecular weight excluding hydrogens is 183 g/mol. The van der Waals surface area contributed by atoms with Gasteiger partial charge in [0.2, 0.25) is 0 Å². The Labute approximate surface area is 77.1 Å². The van der Waals surface area contributed by atoms with E-state index in [1.54, 1.807) is 18.2 Å². The van der Waals surface area contributed by atoms with Gasteiger partial charge < -0.3 is 11.1 Å². The first-order valence-electron chi connectivity index (χ1n) is 2.97. The molecule has 11 heavy (non-hydrogen) atoms. The first-order chi connectivity index (χ1) is 4.74. The number of rotatable bonds is 1. The third-order valence-corrected chi connectivity index (χ3v) is 1.52. The molecule has 0 heterocycles. The number of benzene rings is 1. The van der Waals surface area contributed by atoms with E-state index < -0.39 is 0 Å². The summed E-state index contributed by atoms with van der Waals surface area (Å²) in [6, 6.07) is 5.32. The Hall–Kier alpha value is -0.600. The minimum Gasteiger partial charge on any atom is -0.397 e. The van der Waals surface area contributed by atoms with Crippen molar-refractivity contribution in [2.24, 2.45) is 0 Å². The average molecular weight is 193 g/mol. The van der Waals surface area contributed by atoms with Gasteiger partial charge in [-0.1, -0.05) is 11.6 Å². The highest BCUT2D eigenvalue weighted by Gasteiger charge is 1.95. The van der Waals surface area contributed by atoms with Crippen LogP contribution in [0, 0.1) is 0 Å². The number of halogens is 2. The maximum Gasteiger partial charge on any atom is 0.0586 e. The van der Waals surface area contributed by atoms with Crippen LogP contribution in [0.25, 0.3) is 0 Å². The molecule has 0 aromatic heterocycles. The molecule has 4 heteroatoms. The summed E-state index contributed by atoms with van der Waals surface area (Å²) in [7, 11) is 1.81. The van der Waals surface area contributed by atoms with Crippen molar-refractivity contribution < 1.29 is 0 Å². The van der Waals surface area contributed by atoms with E-state index >= 15 is 0 Å². The highest BCUT2D eigenvalue weighted by molar-refractivity contribution is 6.31. The van der Waals surface area contributed by atoms with E-state index in [-0.39, 0.29) is 12.4 Å². The van der Waals surface area contributed by atoms with Crippen LogP contribution in [0.3, 0.4) is 0 Å². The first kappa shape index (κ1) is 10.4. The second-order valence-corrected chi connectivity index (χ2v) is 2.42. The molecule has 1 aromatic rings. The Balaban J connectivity index is 0.000001000. The van der Waals surface area contributed by atoms with Gasteiger partial charge in [0, 0.05) is 12.1 Å². The Morgan fingerprint density at radius 2 is 2.09 bits per heavy atom. The summed E-state index contributed by atoms with van der Waals surface area (Å²) in [6.45, 7) is 0. The molecule has 0 saturated carbocycles. The lowest BCUT2D eigenvalue weighted by molar-refractivity contribution is 1.51. The number of hydrogen-bond acceptors (Lipinski definition) is 2. The van der Waals surface area contributed by atoms with Crippen LogP contribution in [0.1, 0.15) is 0 Å². The van der Waals surface area contributed by atoms with Crippen LogP contribution in [0.15, 0.2) is 18.2 Å². The largest absolute Gasteiger partial charge is 0.397 e. The van der Waals surface area contributed by atoms with Gasteiger partial charge >= 0.3 is 0 Å². The molecule has 2 nitrogen and oxygen atoms in total. The van der Waals surface area contributed by atoms with E-state index in [0.717, 1.165) is 5.69 Å². The van der Waals surface area contributed by atoms with Gasteiger partial charge in [-0.15, -0.1) is 12.4 Å². The number of nitrogens with one attached hydrogen (secondary N) is 1. The maximum absolute atomic E-state index is 5.70. The number of nitrogens with two attached hydrogens (primary N) is 1. The summed E-state index contributed by atoms with van der Waals surface area (Å²) in [5.41, 5.74) is 7.16. The van der Waals surface area contributed by atoms with Crippen LogP contribution in [-0.4, -0.2) is 7.05 Å². The molecule has 0 radical (unpaired) electrons. The molecule has 0 fully saturated rings. The van der Waals surface area contributed by atoms with Crippen molar-refractivity contribution in [3.63, 3.8) is 0 Å². The van der Waals surface area contributed by atoms with E-state index in [0.29, 0.717) is 10.7 Å². The molecule has 0 aliphatic rings. The Kier molecular flexibility index (Phi) is 4.08. The van der Waals surface area contributed by atoms with E-state index in [1.807, 2.05) is 7.05 Å². The molecule has 3 N–H and O–H groups in total. The number of anilines is 2. The minimum absolute atomic E-state index is 0. The van der Waals surface area contributed by atoms with Crippen molar-refractivity contribution in [3.05, 3.63) is 23.2 Å². The van der Waals surface area contributed by atoms with Gasteiger partial charge in [-0.2, -0.15) is 0 Å². The van der Waals surface area contributed by atoms with E-state index in [1.165, 1.54) is 0 Å². The first-order valence-corrected chi connectivity index (χ1v) is 3.34. The zero-order valence-corrected chi connectivity index (χ0v) is 7.67. The molecule has 0 saturated heterocycles. The lowest BCUT2D eigenvalue weighted by Gasteiger charge is -2.03. The van der Waals surface area contributed by atoms with E-state index in [9.17, 15) is 0 Å². The quantitative estimate of drug-likeness (QED) is 0.672. The molecule has 1 rings (SSSR count). The predicted octanol–water partition coefficient (Wildman–Crippen LogP) is 2.39. The number of nitrogen functional groups attached to an aromatic ring is 1. The summed E-state index contributed by atoms with van der Waals surface area (Å²) < 4.78 is 0. The molecule has 62 valence electrons. The Bertz CT molecular complexity index is 238. The predicted molar refractivity (Wildman–Crippen MR) is 52.7 cm³/mol. The Morgan fingerprint density at radius 1 is 1.45 bits per heavy atom. The highest BCUT2D eigenvalue weighted by Crippen LogP contribution is 2.21. The van der Waals surface area contributed by atoms with Gasteiger partial charge in [-0.3, -0.25) is 0 Å². The van der Waals surface area contributed by atoms with Gasteiger partial charge in [-0.25, -0.2) is 0 Å². The standard InChI is InChI=1S/C7H9ClN2.ClH/c1-10-7-4-5(8)2-3-6(7)9;/h2-4,10H,9H2,1H3;1H. The van der Waals surface area contributed by atoms with Crippen LogP contribution < -0.4 is 11.1 Å². The smallest absolute Gasteiger partial charge is 0.0586 e. The van der Waals surface area contributed by atoms with Crippen molar-refractivity contribution in [2.45, 2.75) is 0 Å². The van der Waals surface area contributed by atoms with Gasteiger partial charge in [0.05, 0.1) is 11.4 Å². The number of hydrogen-bond donors (Lipinski definition) is 2. The molecule has 0 amide bonds. The molecule has 1 aromatic carbocycles. The fourth-order valence-corrected chi connectivity index (χ4v) is 0.917. The Morgan fingerprint density at radius 3 is 2.55 bits per heavy atom. The van der Waals surface area contributed by atoms with Crippen LogP contribution in [-0.2, 0) is 0 Å². The molecule has 0 bridgehead atoms. The van der Waals surface area contributed by atoms with E-state index in [4.69, 9.17) is 17.3 Å². The summed E-state index contributed by atoms with van der Waals surface area (Å²) in [5.74, 6) is 0. The maximum atomic E-state index is 5.70. The lowest BCUT2D eigenvalue weighted by atomic mass is 10.3. The SMILES string of the molecule is CNc1cc(Cl)ccc1N.Cl. The normalized spacial score (nSPS) is 8.55. The van der Waals surface area contributed by atoms with Gasteiger partial charge in [-0.05, 0) is 18.2 Å². The highest BCUT2D eigenvalue weighted by atomic mass is 35.5. The summed E-state index contributed by atoms with van der Waals surface area (Å²) in [4.78, 5) is 0. The van der Waals surface area contributed by atoms with Crippen LogP contribution in [0.4, 0.5) is 11.4 Å². The zero-order valence-electron chi connectivity index (χ0n) is 6.10. The van der Waals surface area contributed by atoms with Crippen molar-refractivity contribution >= 4 is 35.4 Å². The summed E-state index contributed by atoms with van der Waals surface area (Å²) >= 11 is 5.70.